The third-order valence-electron chi connectivity index (χ3n) is 3.72. The van der Waals surface area contributed by atoms with Gasteiger partial charge >= 0.3 is 0 Å². The summed E-state index contributed by atoms with van der Waals surface area (Å²) in [6.45, 7) is 4.28. The molecule has 0 unspecified atom stereocenters. The molecular formula is C19H20N4O3S. The van der Waals surface area contributed by atoms with Crippen LogP contribution in [0.3, 0.4) is 0 Å². The molecule has 0 bridgehead atoms. The van der Waals surface area contributed by atoms with E-state index in [4.69, 9.17) is 4.74 Å². The lowest BCUT2D eigenvalue weighted by atomic mass is 10.2. The van der Waals surface area contributed by atoms with Gasteiger partial charge in [0.25, 0.3) is 10.0 Å². The van der Waals surface area contributed by atoms with E-state index in [0.717, 1.165) is 11.4 Å². The molecule has 2 N–H and O–H groups in total. The zero-order valence-corrected chi connectivity index (χ0v) is 15.8. The van der Waals surface area contributed by atoms with Crippen LogP contribution in [-0.2, 0) is 10.0 Å². The fraction of sp³-hybridized carbons (Fsp3) is 0.158. The van der Waals surface area contributed by atoms with Gasteiger partial charge < -0.3 is 10.1 Å². The molecule has 0 aliphatic heterocycles. The monoisotopic (exact) mass is 384 g/mol. The average molecular weight is 384 g/mol. The first kappa shape index (κ1) is 18.7. The third-order valence-corrected chi connectivity index (χ3v) is 5.24. The molecule has 0 aliphatic carbocycles. The summed E-state index contributed by atoms with van der Waals surface area (Å²) in [6.07, 6.45) is 0. The van der Waals surface area contributed by atoms with Gasteiger partial charge in [0.1, 0.15) is 5.75 Å². The zero-order valence-electron chi connectivity index (χ0n) is 15.0. The lowest BCUT2D eigenvalue weighted by Gasteiger charge is -2.10. The number of hydrogen-bond donors (Lipinski definition) is 2. The first-order valence-corrected chi connectivity index (χ1v) is 9.88. The molecule has 0 amide bonds. The highest BCUT2D eigenvalue weighted by atomic mass is 32.2. The maximum atomic E-state index is 12.5. The van der Waals surface area contributed by atoms with Crippen molar-refractivity contribution in [3.8, 4) is 5.75 Å². The van der Waals surface area contributed by atoms with Gasteiger partial charge in [-0.25, -0.2) is 8.42 Å². The normalized spacial score (nSPS) is 11.0. The van der Waals surface area contributed by atoms with Crippen molar-refractivity contribution in [3.05, 3.63) is 66.2 Å². The van der Waals surface area contributed by atoms with Crippen LogP contribution in [0.1, 0.15) is 12.5 Å². The maximum Gasteiger partial charge on any atom is 0.263 e. The van der Waals surface area contributed by atoms with Gasteiger partial charge in [0.15, 0.2) is 11.6 Å². The second-order valence-corrected chi connectivity index (χ2v) is 7.41. The molecule has 0 spiro atoms. The summed E-state index contributed by atoms with van der Waals surface area (Å²) in [5.74, 6) is 1.43. The van der Waals surface area contributed by atoms with Gasteiger partial charge in [0.2, 0.25) is 0 Å². The minimum atomic E-state index is -3.71. The van der Waals surface area contributed by atoms with Crippen LogP contribution in [0.5, 0.6) is 5.75 Å². The van der Waals surface area contributed by atoms with Crippen LogP contribution in [0.15, 0.2) is 65.6 Å². The molecule has 0 saturated heterocycles. The van der Waals surface area contributed by atoms with Crippen molar-refractivity contribution in [1.29, 1.82) is 0 Å². The highest BCUT2D eigenvalue weighted by Gasteiger charge is 2.17. The summed E-state index contributed by atoms with van der Waals surface area (Å²) in [4.78, 5) is 0.211. The van der Waals surface area contributed by atoms with E-state index in [-0.39, 0.29) is 10.7 Å². The Labute approximate surface area is 158 Å². The Morgan fingerprint density at radius 3 is 2.22 bits per heavy atom. The Hall–Kier alpha value is -3.13. The molecular weight excluding hydrogens is 364 g/mol. The average Bonchev–Trinajstić information content (AvgIpc) is 2.65. The Morgan fingerprint density at radius 1 is 0.926 bits per heavy atom. The molecule has 0 fully saturated rings. The summed E-state index contributed by atoms with van der Waals surface area (Å²) in [7, 11) is -3.71. The smallest absolute Gasteiger partial charge is 0.263 e. The van der Waals surface area contributed by atoms with E-state index >= 15 is 0 Å². The fourth-order valence-electron chi connectivity index (χ4n) is 2.45. The molecule has 140 valence electrons. The van der Waals surface area contributed by atoms with E-state index < -0.39 is 10.0 Å². The standard InChI is InChI=1S/C19H20N4O3S/c1-3-26-16-10-8-15(9-11-16)20-18-12-13-19(22-21-18)23-27(24,25)17-7-5-4-6-14(17)2/h4-13H,3H2,1-2H3,(H,20,21)(H,22,23). The minimum Gasteiger partial charge on any atom is -0.494 e. The van der Waals surface area contributed by atoms with E-state index in [9.17, 15) is 8.42 Å². The van der Waals surface area contributed by atoms with E-state index in [1.54, 1.807) is 43.3 Å². The van der Waals surface area contributed by atoms with Crippen LogP contribution in [0.4, 0.5) is 17.3 Å². The second kappa shape index (κ2) is 8.05. The van der Waals surface area contributed by atoms with Crippen LogP contribution in [0.25, 0.3) is 0 Å². The van der Waals surface area contributed by atoms with Gasteiger partial charge in [-0.1, -0.05) is 18.2 Å². The number of sulfonamides is 1. The summed E-state index contributed by atoms with van der Waals surface area (Å²) in [5.41, 5.74) is 1.48. The Kier molecular flexibility index (Phi) is 5.56. The molecule has 0 atom stereocenters. The summed E-state index contributed by atoms with van der Waals surface area (Å²) in [6, 6.07) is 17.4. The summed E-state index contributed by atoms with van der Waals surface area (Å²) < 4.78 is 32.8. The predicted molar refractivity (Wildman–Crippen MR) is 105 cm³/mol. The van der Waals surface area contributed by atoms with E-state index in [1.807, 2.05) is 31.2 Å². The number of benzene rings is 2. The number of anilines is 3. The van der Waals surface area contributed by atoms with Gasteiger partial charge in [0.05, 0.1) is 11.5 Å². The molecule has 27 heavy (non-hydrogen) atoms. The zero-order chi connectivity index (χ0) is 19.3. The van der Waals surface area contributed by atoms with Crippen molar-refractivity contribution >= 4 is 27.3 Å². The third kappa shape index (κ3) is 4.73. The summed E-state index contributed by atoms with van der Waals surface area (Å²) >= 11 is 0. The number of rotatable bonds is 7. The van der Waals surface area contributed by atoms with Gasteiger partial charge in [-0.3, -0.25) is 4.72 Å². The van der Waals surface area contributed by atoms with Crippen LogP contribution >= 0.6 is 0 Å². The van der Waals surface area contributed by atoms with Gasteiger partial charge in [-0.05, 0) is 61.9 Å². The molecule has 7 nitrogen and oxygen atoms in total. The van der Waals surface area contributed by atoms with E-state index in [1.165, 1.54) is 0 Å². The number of aryl methyl sites for hydroxylation is 1. The van der Waals surface area contributed by atoms with Crippen molar-refractivity contribution < 1.29 is 13.2 Å². The van der Waals surface area contributed by atoms with E-state index in [2.05, 4.69) is 20.2 Å². The maximum absolute atomic E-state index is 12.5. The number of aromatic nitrogens is 2. The lowest BCUT2D eigenvalue weighted by molar-refractivity contribution is 0.340. The Bertz CT molecular complexity index is 1000. The second-order valence-electron chi connectivity index (χ2n) is 5.76. The summed E-state index contributed by atoms with van der Waals surface area (Å²) in [5, 5.41) is 11.0. The molecule has 3 aromatic rings. The van der Waals surface area contributed by atoms with E-state index in [0.29, 0.717) is 18.0 Å². The van der Waals surface area contributed by atoms with Crippen molar-refractivity contribution in [1.82, 2.24) is 10.2 Å². The van der Waals surface area contributed by atoms with Crippen molar-refractivity contribution in [2.45, 2.75) is 18.7 Å². The van der Waals surface area contributed by atoms with Crippen LogP contribution < -0.4 is 14.8 Å². The molecule has 1 heterocycles. The molecule has 2 aromatic carbocycles. The molecule has 8 heteroatoms. The SMILES string of the molecule is CCOc1ccc(Nc2ccc(NS(=O)(=O)c3ccccc3C)nn2)cc1. The van der Waals surface area contributed by atoms with Gasteiger partial charge in [-0.15, -0.1) is 10.2 Å². The first-order chi connectivity index (χ1) is 13.0. The van der Waals surface area contributed by atoms with Crippen molar-refractivity contribution in [3.63, 3.8) is 0 Å². The number of nitrogens with zero attached hydrogens (tertiary/aromatic N) is 2. The predicted octanol–water partition coefficient (Wildman–Crippen LogP) is 3.73. The minimum absolute atomic E-state index is 0.149. The first-order valence-electron chi connectivity index (χ1n) is 8.40. The number of nitrogens with one attached hydrogen (secondary N) is 2. The quantitative estimate of drug-likeness (QED) is 0.645. The molecule has 0 saturated carbocycles. The van der Waals surface area contributed by atoms with Gasteiger partial charge in [-0.2, -0.15) is 0 Å². The van der Waals surface area contributed by atoms with Gasteiger partial charge in [0, 0.05) is 5.69 Å². The van der Waals surface area contributed by atoms with Crippen molar-refractivity contribution in [2.24, 2.45) is 0 Å². The largest absolute Gasteiger partial charge is 0.494 e. The lowest BCUT2D eigenvalue weighted by Crippen LogP contribution is -2.15. The molecule has 1 aromatic heterocycles. The van der Waals surface area contributed by atoms with Crippen LogP contribution in [0, 0.1) is 6.92 Å². The number of hydrogen-bond acceptors (Lipinski definition) is 6. The topological polar surface area (TPSA) is 93.2 Å². The van der Waals surface area contributed by atoms with Crippen molar-refractivity contribution in [2.75, 3.05) is 16.6 Å². The van der Waals surface area contributed by atoms with Crippen LogP contribution in [0.2, 0.25) is 0 Å². The molecule has 0 radical (unpaired) electrons. The number of ether oxygens (including phenoxy) is 1. The highest BCUT2D eigenvalue weighted by molar-refractivity contribution is 7.92. The van der Waals surface area contributed by atoms with Crippen LogP contribution in [-0.4, -0.2) is 25.2 Å². The fourth-order valence-corrected chi connectivity index (χ4v) is 3.70. The Balaban J connectivity index is 1.69. The Morgan fingerprint density at radius 2 is 1.59 bits per heavy atom. The molecule has 0 aliphatic rings. The highest BCUT2D eigenvalue weighted by Crippen LogP contribution is 2.21. The molecule has 3 rings (SSSR count).